The summed E-state index contributed by atoms with van der Waals surface area (Å²) in [6, 6.07) is 18.6. The maximum atomic E-state index is 12.4. The lowest BCUT2D eigenvalue weighted by atomic mass is 9.86. The van der Waals surface area contributed by atoms with Gasteiger partial charge in [0.05, 0.1) is 6.54 Å². The Balaban J connectivity index is 1.62. The first-order valence-corrected chi connectivity index (χ1v) is 8.92. The molecular formula is C21H26N2O. The van der Waals surface area contributed by atoms with E-state index in [-0.39, 0.29) is 5.91 Å². The number of benzene rings is 2. The number of amides is 1. The van der Waals surface area contributed by atoms with Gasteiger partial charge in [0.1, 0.15) is 0 Å². The summed E-state index contributed by atoms with van der Waals surface area (Å²) in [6.45, 7) is 2.65. The maximum absolute atomic E-state index is 12.4. The minimum Gasteiger partial charge on any atom is -0.324 e. The molecule has 1 amide bonds. The van der Waals surface area contributed by atoms with E-state index in [1.54, 1.807) is 0 Å². The molecule has 1 fully saturated rings. The molecule has 1 saturated carbocycles. The van der Waals surface area contributed by atoms with E-state index in [9.17, 15) is 4.79 Å². The van der Waals surface area contributed by atoms with E-state index in [4.69, 9.17) is 0 Å². The lowest BCUT2D eigenvalue weighted by molar-refractivity contribution is -0.115. The SMILES string of the molecule is C[C@H]1CCCC[C@@H]1NCC(=O)Nc1ccccc1-c1ccccc1. The molecule has 1 aliphatic carbocycles. The van der Waals surface area contributed by atoms with Crippen LogP contribution in [0.3, 0.4) is 0 Å². The van der Waals surface area contributed by atoms with Gasteiger partial charge < -0.3 is 10.6 Å². The lowest BCUT2D eigenvalue weighted by Gasteiger charge is -2.29. The molecule has 0 saturated heterocycles. The molecule has 0 bridgehead atoms. The highest BCUT2D eigenvalue weighted by Gasteiger charge is 2.21. The average molecular weight is 322 g/mol. The zero-order chi connectivity index (χ0) is 16.8. The molecule has 24 heavy (non-hydrogen) atoms. The number of carbonyl (C=O) groups excluding carboxylic acids is 1. The number of anilines is 1. The average Bonchev–Trinajstić information content (AvgIpc) is 2.62. The summed E-state index contributed by atoms with van der Waals surface area (Å²) in [5, 5.41) is 6.50. The molecule has 126 valence electrons. The summed E-state index contributed by atoms with van der Waals surface area (Å²) in [5.41, 5.74) is 3.03. The van der Waals surface area contributed by atoms with E-state index in [1.165, 1.54) is 25.7 Å². The van der Waals surface area contributed by atoms with Gasteiger partial charge in [0, 0.05) is 17.3 Å². The fraction of sp³-hybridized carbons (Fsp3) is 0.381. The smallest absolute Gasteiger partial charge is 0.238 e. The molecule has 0 spiro atoms. The number of hydrogen-bond donors (Lipinski definition) is 2. The van der Waals surface area contributed by atoms with Crippen molar-refractivity contribution in [2.24, 2.45) is 5.92 Å². The molecule has 2 atom stereocenters. The van der Waals surface area contributed by atoms with Crippen molar-refractivity contribution in [1.29, 1.82) is 0 Å². The van der Waals surface area contributed by atoms with Gasteiger partial charge in [-0.2, -0.15) is 0 Å². The summed E-state index contributed by atoms with van der Waals surface area (Å²) in [4.78, 5) is 12.4. The molecule has 0 radical (unpaired) electrons. The summed E-state index contributed by atoms with van der Waals surface area (Å²) >= 11 is 0. The minimum atomic E-state index is 0.0242. The molecule has 3 nitrogen and oxygen atoms in total. The van der Waals surface area contributed by atoms with Crippen LogP contribution >= 0.6 is 0 Å². The number of nitrogens with one attached hydrogen (secondary N) is 2. The van der Waals surface area contributed by atoms with Crippen LogP contribution in [0.25, 0.3) is 11.1 Å². The predicted molar refractivity (Wildman–Crippen MR) is 99.9 cm³/mol. The summed E-state index contributed by atoms with van der Waals surface area (Å²) in [5.74, 6) is 0.680. The Morgan fingerprint density at radius 2 is 1.71 bits per heavy atom. The van der Waals surface area contributed by atoms with Crippen molar-refractivity contribution in [3.8, 4) is 11.1 Å². The molecule has 2 aromatic rings. The first-order chi connectivity index (χ1) is 11.7. The first-order valence-electron chi connectivity index (χ1n) is 8.92. The molecular weight excluding hydrogens is 296 g/mol. The Labute approximate surface area is 144 Å². The molecule has 3 rings (SSSR count). The van der Waals surface area contributed by atoms with Gasteiger partial charge in [-0.1, -0.05) is 68.3 Å². The van der Waals surface area contributed by atoms with Crippen molar-refractivity contribution in [3.05, 3.63) is 54.6 Å². The Morgan fingerprint density at radius 1 is 1.00 bits per heavy atom. The summed E-state index contributed by atoms with van der Waals surface area (Å²) < 4.78 is 0. The van der Waals surface area contributed by atoms with Gasteiger partial charge in [0.2, 0.25) is 5.91 Å². The molecule has 2 N–H and O–H groups in total. The molecule has 0 aliphatic heterocycles. The normalized spacial score (nSPS) is 20.5. The first kappa shape index (κ1) is 16.7. The molecule has 0 heterocycles. The van der Waals surface area contributed by atoms with Gasteiger partial charge >= 0.3 is 0 Å². The zero-order valence-corrected chi connectivity index (χ0v) is 14.3. The number of carbonyl (C=O) groups is 1. The number of rotatable bonds is 5. The van der Waals surface area contributed by atoms with Crippen molar-refractivity contribution >= 4 is 11.6 Å². The fourth-order valence-electron chi connectivity index (χ4n) is 3.50. The monoisotopic (exact) mass is 322 g/mol. The van der Waals surface area contributed by atoms with Crippen molar-refractivity contribution in [3.63, 3.8) is 0 Å². The van der Waals surface area contributed by atoms with Crippen LogP contribution in [0.1, 0.15) is 32.6 Å². The Hall–Kier alpha value is -2.13. The van der Waals surface area contributed by atoms with Crippen molar-refractivity contribution in [2.75, 3.05) is 11.9 Å². The van der Waals surface area contributed by atoms with Gasteiger partial charge in [-0.25, -0.2) is 0 Å². The van der Waals surface area contributed by atoms with E-state index >= 15 is 0 Å². The van der Waals surface area contributed by atoms with E-state index < -0.39 is 0 Å². The third-order valence-corrected chi connectivity index (χ3v) is 4.92. The van der Waals surface area contributed by atoms with Crippen molar-refractivity contribution in [1.82, 2.24) is 5.32 Å². The van der Waals surface area contributed by atoms with Crippen LogP contribution in [0.15, 0.2) is 54.6 Å². The second-order valence-corrected chi connectivity index (χ2v) is 6.71. The fourth-order valence-corrected chi connectivity index (χ4v) is 3.50. The standard InChI is InChI=1S/C21H26N2O/c1-16-9-5-7-13-19(16)22-15-21(24)23-20-14-8-6-12-18(20)17-10-3-2-4-11-17/h2-4,6,8,10-12,14,16,19,22H,5,7,9,13,15H2,1H3,(H,23,24)/t16-,19-/m0/s1. The highest BCUT2D eigenvalue weighted by atomic mass is 16.1. The van der Waals surface area contributed by atoms with Gasteiger partial charge in [-0.3, -0.25) is 4.79 Å². The second-order valence-electron chi connectivity index (χ2n) is 6.71. The topological polar surface area (TPSA) is 41.1 Å². The Morgan fingerprint density at radius 3 is 2.50 bits per heavy atom. The molecule has 1 aliphatic rings. The quantitative estimate of drug-likeness (QED) is 0.853. The van der Waals surface area contributed by atoms with Crippen molar-refractivity contribution < 1.29 is 4.79 Å². The van der Waals surface area contributed by atoms with Gasteiger partial charge in [0.25, 0.3) is 0 Å². The molecule has 3 heteroatoms. The van der Waals surface area contributed by atoms with E-state index in [2.05, 4.69) is 29.7 Å². The highest BCUT2D eigenvalue weighted by molar-refractivity contribution is 5.96. The van der Waals surface area contributed by atoms with Gasteiger partial charge in [-0.15, -0.1) is 0 Å². The summed E-state index contributed by atoms with van der Waals surface area (Å²) in [7, 11) is 0. The van der Waals surface area contributed by atoms with Crippen LogP contribution in [-0.4, -0.2) is 18.5 Å². The molecule has 0 unspecified atom stereocenters. The minimum absolute atomic E-state index is 0.0242. The molecule has 2 aromatic carbocycles. The van der Waals surface area contributed by atoms with E-state index in [0.29, 0.717) is 18.5 Å². The third-order valence-electron chi connectivity index (χ3n) is 4.92. The predicted octanol–water partition coefficient (Wildman–Crippen LogP) is 4.46. The number of para-hydroxylation sites is 1. The van der Waals surface area contributed by atoms with Crippen LogP contribution in [0.4, 0.5) is 5.69 Å². The Kier molecular flexibility index (Phi) is 5.65. The molecule has 0 aromatic heterocycles. The van der Waals surface area contributed by atoms with Crippen LogP contribution < -0.4 is 10.6 Å². The second kappa shape index (κ2) is 8.11. The number of hydrogen-bond acceptors (Lipinski definition) is 2. The van der Waals surface area contributed by atoms with Gasteiger partial charge in [0.15, 0.2) is 0 Å². The van der Waals surface area contributed by atoms with Crippen LogP contribution in [0, 0.1) is 5.92 Å². The largest absolute Gasteiger partial charge is 0.324 e. The summed E-state index contributed by atoms with van der Waals surface area (Å²) in [6.07, 6.45) is 5.02. The van der Waals surface area contributed by atoms with Crippen LogP contribution in [-0.2, 0) is 4.79 Å². The van der Waals surface area contributed by atoms with E-state index in [1.807, 2.05) is 42.5 Å². The van der Waals surface area contributed by atoms with Crippen molar-refractivity contribution in [2.45, 2.75) is 38.6 Å². The lowest BCUT2D eigenvalue weighted by Crippen LogP contribution is -2.41. The van der Waals surface area contributed by atoms with Gasteiger partial charge in [-0.05, 0) is 30.4 Å². The third kappa shape index (κ3) is 4.24. The maximum Gasteiger partial charge on any atom is 0.238 e. The van der Waals surface area contributed by atoms with Crippen LogP contribution in [0.5, 0.6) is 0 Å². The van der Waals surface area contributed by atoms with Crippen LogP contribution in [0.2, 0.25) is 0 Å². The highest BCUT2D eigenvalue weighted by Crippen LogP contribution is 2.27. The Bertz CT molecular complexity index is 669. The van der Waals surface area contributed by atoms with E-state index in [0.717, 1.165) is 16.8 Å². The zero-order valence-electron chi connectivity index (χ0n) is 14.3.